The molecule has 9 heteroatoms. The summed E-state index contributed by atoms with van der Waals surface area (Å²) in [6.07, 6.45) is 3.92. The number of anilines is 1. The van der Waals surface area contributed by atoms with Crippen LogP contribution in [0.4, 0.5) is 11.5 Å². The van der Waals surface area contributed by atoms with Gasteiger partial charge in [-0.25, -0.2) is 0 Å². The monoisotopic (exact) mass is 374 g/mol. The molecule has 0 radical (unpaired) electrons. The molecule has 27 heavy (non-hydrogen) atoms. The first-order valence-electron chi connectivity index (χ1n) is 8.67. The summed E-state index contributed by atoms with van der Waals surface area (Å²) in [5.41, 5.74) is 0.525. The molecule has 1 aromatic carbocycles. The van der Waals surface area contributed by atoms with Gasteiger partial charge in [0.25, 0.3) is 11.6 Å². The van der Waals surface area contributed by atoms with E-state index in [9.17, 15) is 19.7 Å². The smallest absolute Gasteiger partial charge is 0.273 e. The molecule has 0 saturated heterocycles. The summed E-state index contributed by atoms with van der Waals surface area (Å²) < 4.78 is 4.65. The molecule has 1 heterocycles. The predicted molar refractivity (Wildman–Crippen MR) is 98.4 cm³/mol. The number of aryl methyl sites for hydroxylation is 1. The number of nitro benzene ring substituents is 1. The highest BCUT2D eigenvalue weighted by molar-refractivity contribution is 5.99. The van der Waals surface area contributed by atoms with E-state index in [2.05, 4.69) is 15.0 Å². The summed E-state index contributed by atoms with van der Waals surface area (Å²) in [6.45, 7) is 3.83. The Bertz CT molecular complexity index is 804. The molecule has 2 aromatic rings. The molecule has 144 valence electrons. The molecule has 0 saturated carbocycles. The molecule has 0 aliphatic heterocycles. The van der Waals surface area contributed by atoms with Crippen molar-refractivity contribution in [2.24, 2.45) is 0 Å². The summed E-state index contributed by atoms with van der Waals surface area (Å²) in [4.78, 5) is 37.1. The molecule has 2 rings (SSSR count). The summed E-state index contributed by atoms with van der Waals surface area (Å²) in [6, 6.07) is 5.81. The molecule has 0 unspecified atom stereocenters. The number of nitrogens with one attached hydrogen (secondary N) is 1. The van der Waals surface area contributed by atoms with Crippen LogP contribution in [0.1, 0.15) is 42.1 Å². The number of rotatable bonds is 9. The van der Waals surface area contributed by atoms with Crippen LogP contribution in [0.5, 0.6) is 0 Å². The fourth-order valence-electron chi connectivity index (χ4n) is 2.56. The average Bonchev–Trinajstić information content (AvgIpc) is 3.13. The van der Waals surface area contributed by atoms with Gasteiger partial charge in [0.05, 0.1) is 4.92 Å². The maximum absolute atomic E-state index is 12.9. The largest absolute Gasteiger partial charge is 0.363 e. The number of nitrogens with zero attached hydrogens (tertiary/aromatic N) is 3. The fraction of sp³-hybridized carbons (Fsp3) is 0.389. The first-order chi connectivity index (χ1) is 12.9. The van der Waals surface area contributed by atoms with Crippen LogP contribution in [0.3, 0.4) is 0 Å². The molecule has 1 N–H and O–H groups in total. The quantitative estimate of drug-likeness (QED) is 0.409. The normalized spacial score (nSPS) is 10.4. The molecule has 0 aliphatic carbocycles. The summed E-state index contributed by atoms with van der Waals surface area (Å²) in [5, 5.41) is 17.3. The van der Waals surface area contributed by atoms with Gasteiger partial charge in [-0.05, 0) is 19.4 Å². The first-order valence-corrected chi connectivity index (χ1v) is 8.67. The Morgan fingerprint density at radius 2 is 2.07 bits per heavy atom. The molecule has 0 bridgehead atoms. The topological polar surface area (TPSA) is 119 Å². The number of aromatic nitrogens is 1. The van der Waals surface area contributed by atoms with E-state index in [1.807, 2.05) is 6.92 Å². The van der Waals surface area contributed by atoms with Gasteiger partial charge in [-0.15, -0.1) is 0 Å². The number of benzene rings is 1. The van der Waals surface area contributed by atoms with Crippen molar-refractivity contribution in [3.05, 3.63) is 51.8 Å². The van der Waals surface area contributed by atoms with Crippen LogP contribution in [-0.4, -0.2) is 39.9 Å². The molecule has 0 atom stereocenters. The molecule has 0 fully saturated rings. The van der Waals surface area contributed by atoms with Crippen molar-refractivity contribution in [2.75, 3.05) is 18.4 Å². The number of hydrogen-bond donors (Lipinski definition) is 1. The number of carbonyl (C=O) groups is 2. The molecular formula is C18H22N4O5. The van der Waals surface area contributed by atoms with Gasteiger partial charge in [0.15, 0.2) is 5.82 Å². The second kappa shape index (κ2) is 9.46. The van der Waals surface area contributed by atoms with Gasteiger partial charge in [-0.1, -0.05) is 31.0 Å². The molecular weight excluding hydrogens is 352 g/mol. The zero-order valence-corrected chi connectivity index (χ0v) is 15.3. The van der Waals surface area contributed by atoms with Crippen LogP contribution < -0.4 is 5.32 Å². The van der Waals surface area contributed by atoms with Crippen molar-refractivity contribution in [1.29, 1.82) is 0 Å². The highest BCUT2D eigenvalue weighted by Crippen LogP contribution is 2.20. The van der Waals surface area contributed by atoms with E-state index in [4.69, 9.17) is 0 Å². The SMILES string of the molecule is CCCCCN(CC(=O)Nc1ccon1)C(=O)c1ccc(C)c([N+](=O)[O-])c1. The number of nitro groups is 1. The van der Waals surface area contributed by atoms with E-state index >= 15 is 0 Å². The van der Waals surface area contributed by atoms with Crippen LogP contribution in [-0.2, 0) is 4.79 Å². The second-order valence-electron chi connectivity index (χ2n) is 6.13. The third-order valence-electron chi connectivity index (χ3n) is 4.01. The minimum Gasteiger partial charge on any atom is -0.363 e. The Morgan fingerprint density at radius 3 is 2.70 bits per heavy atom. The lowest BCUT2D eigenvalue weighted by Crippen LogP contribution is -2.38. The van der Waals surface area contributed by atoms with Crippen molar-refractivity contribution < 1.29 is 19.0 Å². The van der Waals surface area contributed by atoms with E-state index in [-0.39, 0.29) is 23.6 Å². The van der Waals surface area contributed by atoms with Crippen LogP contribution in [0.15, 0.2) is 35.1 Å². The maximum atomic E-state index is 12.9. The molecule has 1 aromatic heterocycles. The third-order valence-corrected chi connectivity index (χ3v) is 4.01. The predicted octanol–water partition coefficient (Wildman–Crippen LogP) is 3.16. The Morgan fingerprint density at radius 1 is 1.30 bits per heavy atom. The molecule has 9 nitrogen and oxygen atoms in total. The van der Waals surface area contributed by atoms with Gasteiger partial charge in [0, 0.05) is 29.8 Å². The van der Waals surface area contributed by atoms with Crippen molar-refractivity contribution >= 4 is 23.3 Å². The van der Waals surface area contributed by atoms with Gasteiger partial charge in [-0.3, -0.25) is 19.7 Å². The van der Waals surface area contributed by atoms with Gasteiger partial charge >= 0.3 is 0 Å². The fourth-order valence-corrected chi connectivity index (χ4v) is 2.56. The Labute approximate surface area is 156 Å². The van der Waals surface area contributed by atoms with Crippen LogP contribution in [0.25, 0.3) is 0 Å². The Hall–Kier alpha value is -3.23. The van der Waals surface area contributed by atoms with Crippen molar-refractivity contribution in [1.82, 2.24) is 10.1 Å². The zero-order valence-electron chi connectivity index (χ0n) is 15.3. The number of unbranched alkanes of at least 4 members (excludes halogenated alkanes) is 2. The zero-order chi connectivity index (χ0) is 19.8. The third kappa shape index (κ3) is 5.63. The van der Waals surface area contributed by atoms with E-state index in [0.717, 1.165) is 19.3 Å². The lowest BCUT2D eigenvalue weighted by atomic mass is 10.1. The van der Waals surface area contributed by atoms with E-state index in [1.165, 1.54) is 35.4 Å². The average molecular weight is 374 g/mol. The maximum Gasteiger partial charge on any atom is 0.273 e. The molecule has 2 amide bonds. The number of carbonyl (C=O) groups excluding carboxylic acids is 2. The summed E-state index contributed by atoms with van der Waals surface area (Å²) in [5.74, 6) is -0.591. The van der Waals surface area contributed by atoms with E-state index in [1.54, 1.807) is 6.92 Å². The molecule has 0 spiro atoms. The highest BCUT2D eigenvalue weighted by Gasteiger charge is 2.22. The minimum absolute atomic E-state index is 0.124. The van der Waals surface area contributed by atoms with Gasteiger partial charge in [0.1, 0.15) is 12.8 Å². The van der Waals surface area contributed by atoms with Crippen LogP contribution in [0.2, 0.25) is 0 Å². The lowest BCUT2D eigenvalue weighted by Gasteiger charge is -2.22. The first kappa shape index (κ1) is 20.1. The van der Waals surface area contributed by atoms with Gasteiger partial charge < -0.3 is 14.7 Å². The van der Waals surface area contributed by atoms with Crippen LogP contribution in [0, 0.1) is 17.0 Å². The molecule has 0 aliphatic rings. The van der Waals surface area contributed by atoms with Crippen molar-refractivity contribution in [3.8, 4) is 0 Å². The van der Waals surface area contributed by atoms with Gasteiger partial charge in [0.2, 0.25) is 5.91 Å². The minimum atomic E-state index is -0.523. The Balaban J connectivity index is 2.16. The van der Waals surface area contributed by atoms with E-state index < -0.39 is 16.7 Å². The second-order valence-corrected chi connectivity index (χ2v) is 6.13. The van der Waals surface area contributed by atoms with E-state index in [0.29, 0.717) is 12.1 Å². The lowest BCUT2D eigenvalue weighted by molar-refractivity contribution is -0.385. The van der Waals surface area contributed by atoms with Crippen molar-refractivity contribution in [3.63, 3.8) is 0 Å². The number of amides is 2. The Kier molecular flexibility index (Phi) is 7.04. The van der Waals surface area contributed by atoms with Crippen LogP contribution >= 0.6 is 0 Å². The van der Waals surface area contributed by atoms with Gasteiger partial charge in [-0.2, -0.15) is 0 Å². The standard InChI is InChI=1S/C18H22N4O5/c1-3-4-5-9-21(12-17(23)19-16-8-10-27-20-16)18(24)14-7-6-13(2)15(11-14)22(25)26/h6-8,10-11H,3-5,9,12H2,1-2H3,(H,19,20,23). The van der Waals surface area contributed by atoms with Crippen molar-refractivity contribution in [2.45, 2.75) is 33.1 Å². The summed E-state index contributed by atoms with van der Waals surface area (Å²) >= 11 is 0. The summed E-state index contributed by atoms with van der Waals surface area (Å²) in [7, 11) is 0. The number of hydrogen-bond acceptors (Lipinski definition) is 6. The highest BCUT2D eigenvalue weighted by atomic mass is 16.6.